The second-order valence-corrected chi connectivity index (χ2v) is 2.21. The lowest BCUT2D eigenvalue weighted by molar-refractivity contribution is -0.142. The third kappa shape index (κ3) is 3.70. The normalized spacial score (nSPS) is 11.8. The summed E-state index contributed by atoms with van der Waals surface area (Å²) in [6.07, 6.45) is 0.485. The van der Waals surface area contributed by atoms with Crippen molar-refractivity contribution in [2.45, 2.75) is 25.8 Å². The van der Waals surface area contributed by atoms with Gasteiger partial charge in [0.15, 0.2) is 0 Å². The van der Waals surface area contributed by atoms with Gasteiger partial charge in [-0.25, -0.2) is 4.79 Å². The van der Waals surface area contributed by atoms with Crippen LogP contribution in [0.15, 0.2) is 0 Å². The van der Waals surface area contributed by atoms with Crippen molar-refractivity contribution in [1.82, 2.24) is 5.32 Å². The Bertz CT molecular complexity index is 190. The molecular weight excluding hydrogens is 162 g/mol. The van der Waals surface area contributed by atoms with Crippen LogP contribution >= 0.6 is 0 Å². The lowest BCUT2D eigenvalue weighted by Gasteiger charge is -2.09. The Morgan fingerprint density at radius 1 is 1.58 bits per heavy atom. The average molecular weight is 173 g/mol. The maximum atomic E-state index is 10.7. The third-order valence-electron chi connectivity index (χ3n) is 1.29. The SMILES string of the molecule is CCC(=O)NC(CC=O)C(=O)O. The zero-order chi connectivity index (χ0) is 9.56. The van der Waals surface area contributed by atoms with E-state index in [-0.39, 0.29) is 18.7 Å². The predicted octanol–water partition coefficient (Wildman–Crippen LogP) is -0.445. The third-order valence-corrected chi connectivity index (χ3v) is 1.29. The summed E-state index contributed by atoms with van der Waals surface area (Å²) < 4.78 is 0. The molecule has 0 spiro atoms. The van der Waals surface area contributed by atoms with Gasteiger partial charge in [0, 0.05) is 12.8 Å². The molecule has 0 bridgehead atoms. The van der Waals surface area contributed by atoms with Gasteiger partial charge < -0.3 is 15.2 Å². The quantitative estimate of drug-likeness (QED) is 0.552. The fraction of sp³-hybridized carbons (Fsp3) is 0.571. The minimum absolute atomic E-state index is 0.193. The Balaban J connectivity index is 4.03. The van der Waals surface area contributed by atoms with E-state index in [0.717, 1.165) is 0 Å². The summed E-state index contributed by atoms with van der Waals surface area (Å²) in [4.78, 5) is 31.1. The summed E-state index contributed by atoms with van der Waals surface area (Å²) in [5.41, 5.74) is 0. The highest BCUT2D eigenvalue weighted by molar-refractivity contribution is 5.84. The highest BCUT2D eigenvalue weighted by Crippen LogP contribution is 1.90. The van der Waals surface area contributed by atoms with Gasteiger partial charge in [-0.15, -0.1) is 0 Å². The van der Waals surface area contributed by atoms with Crippen LogP contribution in [0.1, 0.15) is 19.8 Å². The lowest BCUT2D eigenvalue weighted by Crippen LogP contribution is -2.40. The van der Waals surface area contributed by atoms with Crippen LogP contribution in [0.5, 0.6) is 0 Å². The van der Waals surface area contributed by atoms with Crippen molar-refractivity contribution < 1.29 is 19.5 Å². The van der Waals surface area contributed by atoms with Crippen LogP contribution in [-0.2, 0) is 14.4 Å². The molecule has 1 atom stereocenters. The molecule has 0 aromatic carbocycles. The van der Waals surface area contributed by atoms with Gasteiger partial charge in [-0.2, -0.15) is 0 Å². The van der Waals surface area contributed by atoms with Gasteiger partial charge in [-0.05, 0) is 0 Å². The molecule has 1 amide bonds. The minimum atomic E-state index is -1.19. The van der Waals surface area contributed by atoms with Crippen molar-refractivity contribution >= 4 is 18.2 Å². The van der Waals surface area contributed by atoms with Crippen molar-refractivity contribution in [2.24, 2.45) is 0 Å². The van der Waals surface area contributed by atoms with Crippen molar-refractivity contribution in [3.8, 4) is 0 Å². The van der Waals surface area contributed by atoms with E-state index in [1.54, 1.807) is 6.92 Å². The molecule has 0 aromatic rings. The summed E-state index contributed by atoms with van der Waals surface area (Å²) in [6, 6.07) is -1.09. The fourth-order valence-corrected chi connectivity index (χ4v) is 0.614. The summed E-state index contributed by atoms with van der Waals surface area (Å²) in [6.45, 7) is 1.61. The first-order valence-electron chi connectivity index (χ1n) is 3.57. The number of carbonyl (C=O) groups excluding carboxylic acids is 2. The Morgan fingerprint density at radius 2 is 2.17 bits per heavy atom. The van der Waals surface area contributed by atoms with Gasteiger partial charge in [0.1, 0.15) is 12.3 Å². The maximum Gasteiger partial charge on any atom is 0.326 e. The number of amides is 1. The van der Waals surface area contributed by atoms with E-state index < -0.39 is 12.0 Å². The zero-order valence-corrected chi connectivity index (χ0v) is 6.74. The number of carboxylic acid groups (broad SMARTS) is 1. The number of hydrogen-bond acceptors (Lipinski definition) is 3. The van der Waals surface area contributed by atoms with E-state index in [9.17, 15) is 14.4 Å². The smallest absolute Gasteiger partial charge is 0.326 e. The van der Waals surface area contributed by atoms with Gasteiger partial charge in [0.25, 0.3) is 0 Å². The van der Waals surface area contributed by atoms with Gasteiger partial charge in [0.05, 0.1) is 0 Å². The Morgan fingerprint density at radius 3 is 2.50 bits per heavy atom. The molecule has 1 unspecified atom stereocenters. The van der Waals surface area contributed by atoms with Crippen molar-refractivity contribution in [2.75, 3.05) is 0 Å². The average Bonchev–Trinajstić information content (AvgIpc) is 2.03. The first-order chi connectivity index (χ1) is 5.61. The van der Waals surface area contributed by atoms with Crippen LogP contribution in [-0.4, -0.2) is 29.3 Å². The first-order valence-corrected chi connectivity index (χ1v) is 3.57. The van der Waals surface area contributed by atoms with E-state index in [0.29, 0.717) is 6.29 Å². The standard InChI is InChI=1S/C7H11NO4/c1-2-6(10)8-5(3-4-9)7(11)12/h4-5H,2-3H2,1H3,(H,8,10)(H,11,12). The Kier molecular flexibility index (Phi) is 4.67. The molecule has 0 aliphatic rings. The lowest BCUT2D eigenvalue weighted by atomic mass is 10.2. The van der Waals surface area contributed by atoms with E-state index >= 15 is 0 Å². The number of hydrogen-bond donors (Lipinski definition) is 2. The highest BCUT2D eigenvalue weighted by Gasteiger charge is 2.17. The number of carboxylic acids is 1. The van der Waals surface area contributed by atoms with Crippen LogP contribution in [0, 0.1) is 0 Å². The molecule has 12 heavy (non-hydrogen) atoms. The molecule has 5 heteroatoms. The molecule has 5 nitrogen and oxygen atoms in total. The second kappa shape index (κ2) is 5.29. The predicted molar refractivity (Wildman–Crippen MR) is 40.5 cm³/mol. The summed E-state index contributed by atoms with van der Waals surface area (Å²) in [7, 11) is 0. The second-order valence-electron chi connectivity index (χ2n) is 2.21. The molecule has 68 valence electrons. The molecular formula is C7H11NO4. The topological polar surface area (TPSA) is 83.5 Å². The van der Waals surface area contributed by atoms with Gasteiger partial charge in [0.2, 0.25) is 5.91 Å². The highest BCUT2D eigenvalue weighted by atomic mass is 16.4. The Hall–Kier alpha value is -1.39. The fourth-order valence-electron chi connectivity index (χ4n) is 0.614. The van der Waals surface area contributed by atoms with Gasteiger partial charge in [-0.3, -0.25) is 4.79 Å². The molecule has 0 rings (SSSR count). The Labute approximate surface area is 69.8 Å². The van der Waals surface area contributed by atoms with Gasteiger partial charge in [-0.1, -0.05) is 6.92 Å². The molecule has 0 heterocycles. The number of rotatable bonds is 5. The van der Waals surface area contributed by atoms with E-state index in [2.05, 4.69) is 5.32 Å². The van der Waals surface area contributed by atoms with Crippen LogP contribution in [0.4, 0.5) is 0 Å². The van der Waals surface area contributed by atoms with Crippen LogP contribution in [0.2, 0.25) is 0 Å². The monoisotopic (exact) mass is 173 g/mol. The van der Waals surface area contributed by atoms with Crippen molar-refractivity contribution in [3.05, 3.63) is 0 Å². The summed E-state index contributed by atoms with van der Waals surface area (Å²) in [5.74, 6) is -1.56. The number of aldehydes is 1. The molecule has 0 aromatic heterocycles. The molecule has 0 radical (unpaired) electrons. The molecule has 0 fully saturated rings. The number of nitrogens with one attached hydrogen (secondary N) is 1. The molecule has 0 aliphatic carbocycles. The number of aliphatic carboxylic acids is 1. The van der Waals surface area contributed by atoms with Crippen LogP contribution in [0.3, 0.4) is 0 Å². The van der Waals surface area contributed by atoms with E-state index in [4.69, 9.17) is 5.11 Å². The largest absolute Gasteiger partial charge is 0.480 e. The minimum Gasteiger partial charge on any atom is -0.480 e. The summed E-state index contributed by atoms with van der Waals surface area (Å²) >= 11 is 0. The van der Waals surface area contributed by atoms with Crippen molar-refractivity contribution in [1.29, 1.82) is 0 Å². The maximum absolute atomic E-state index is 10.7. The van der Waals surface area contributed by atoms with Gasteiger partial charge >= 0.3 is 5.97 Å². The molecule has 0 aliphatic heterocycles. The van der Waals surface area contributed by atoms with Crippen LogP contribution in [0.25, 0.3) is 0 Å². The molecule has 0 saturated heterocycles. The number of carbonyl (C=O) groups is 3. The first kappa shape index (κ1) is 10.6. The van der Waals surface area contributed by atoms with Crippen molar-refractivity contribution in [3.63, 3.8) is 0 Å². The van der Waals surface area contributed by atoms with E-state index in [1.165, 1.54) is 0 Å². The molecule has 2 N–H and O–H groups in total. The molecule has 0 saturated carbocycles. The zero-order valence-electron chi connectivity index (χ0n) is 6.74. The summed E-state index contributed by atoms with van der Waals surface area (Å²) in [5, 5.41) is 10.7. The van der Waals surface area contributed by atoms with E-state index in [1.807, 2.05) is 0 Å². The van der Waals surface area contributed by atoms with Crippen LogP contribution < -0.4 is 5.32 Å².